The first kappa shape index (κ1) is 17.7. The summed E-state index contributed by atoms with van der Waals surface area (Å²) in [6.45, 7) is 4.26. The number of hydrogen-bond donors (Lipinski definition) is 1. The summed E-state index contributed by atoms with van der Waals surface area (Å²) in [5.74, 6) is 0.671. The van der Waals surface area contributed by atoms with Crippen LogP contribution >= 0.6 is 11.6 Å². The fourth-order valence-corrected chi connectivity index (χ4v) is 2.80. The summed E-state index contributed by atoms with van der Waals surface area (Å²) < 4.78 is 10.1. The molecule has 1 fully saturated rings. The molecule has 1 aliphatic rings. The second kappa shape index (κ2) is 8.84. The summed E-state index contributed by atoms with van der Waals surface area (Å²) >= 11 is 6.17. The molecule has 0 atom stereocenters. The zero-order valence-corrected chi connectivity index (χ0v) is 14.4. The maximum atomic E-state index is 12.1. The highest BCUT2D eigenvalue weighted by atomic mass is 35.5. The van der Waals surface area contributed by atoms with Crippen LogP contribution in [-0.2, 0) is 4.74 Å². The van der Waals surface area contributed by atoms with Gasteiger partial charge in [-0.25, -0.2) is 4.79 Å². The molecule has 0 aliphatic carbocycles. The zero-order chi connectivity index (χ0) is 16.7. The third-order valence-corrected chi connectivity index (χ3v) is 4.16. The van der Waals surface area contributed by atoms with Crippen molar-refractivity contribution in [2.24, 2.45) is 0 Å². The van der Waals surface area contributed by atoms with Gasteiger partial charge in [0.2, 0.25) is 0 Å². The number of methoxy groups -OCH3 is 2. The molecular weight excluding hydrogens is 318 g/mol. The standard InChI is InChI=1S/C16H24ClN3O3/c1-22-11-3-6-18-16(21)20-9-7-19(8-10-20)13-4-5-15(23-2)14(17)12-13/h4-5,12H,3,6-11H2,1-2H3,(H,18,21). The van der Waals surface area contributed by atoms with Crippen LogP contribution in [0.15, 0.2) is 18.2 Å². The van der Waals surface area contributed by atoms with E-state index in [0.717, 1.165) is 25.2 Å². The minimum atomic E-state index is -0.00600. The number of carbonyl (C=O) groups excluding carboxylic acids is 1. The number of urea groups is 1. The van der Waals surface area contributed by atoms with Crippen molar-refractivity contribution in [3.63, 3.8) is 0 Å². The Labute approximate surface area is 142 Å². The van der Waals surface area contributed by atoms with E-state index in [-0.39, 0.29) is 6.03 Å². The zero-order valence-electron chi connectivity index (χ0n) is 13.7. The van der Waals surface area contributed by atoms with Crippen molar-refractivity contribution in [1.29, 1.82) is 0 Å². The number of rotatable bonds is 6. The van der Waals surface area contributed by atoms with E-state index in [2.05, 4.69) is 10.2 Å². The number of halogens is 1. The van der Waals surface area contributed by atoms with E-state index in [1.807, 2.05) is 23.1 Å². The average Bonchev–Trinajstić information content (AvgIpc) is 2.58. The van der Waals surface area contributed by atoms with E-state index in [9.17, 15) is 4.79 Å². The van der Waals surface area contributed by atoms with E-state index >= 15 is 0 Å². The van der Waals surface area contributed by atoms with Crippen LogP contribution < -0.4 is 15.0 Å². The topological polar surface area (TPSA) is 54.0 Å². The molecule has 6 nitrogen and oxygen atoms in total. The largest absolute Gasteiger partial charge is 0.495 e. The molecule has 2 amide bonds. The van der Waals surface area contributed by atoms with Crippen LogP contribution in [0.1, 0.15) is 6.42 Å². The fourth-order valence-electron chi connectivity index (χ4n) is 2.54. The van der Waals surface area contributed by atoms with Gasteiger partial charge in [-0.3, -0.25) is 0 Å². The summed E-state index contributed by atoms with van der Waals surface area (Å²) in [6, 6.07) is 5.76. The summed E-state index contributed by atoms with van der Waals surface area (Å²) in [5, 5.41) is 3.52. The van der Waals surface area contributed by atoms with Gasteiger partial charge in [-0.15, -0.1) is 0 Å². The Morgan fingerprint density at radius 2 is 2.00 bits per heavy atom. The van der Waals surface area contributed by atoms with E-state index in [4.69, 9.17) is 21.1 Å². The number of nitrogens with one attached hydrogen (secondary N) is 1. The smallest absolute Gasteiger partial charge is 0.317 e. The van der Waals surface area contributed by atoms with Crippen LogP contribution in [0, 0.1) is 0 Å². The Morgan fingerprint density at radius 1 is 1.26 bits per heavy atom. The lowest BCUT2D eigenvalue weighted by atomic mass is 10.2. The van der Waals surface area contributed by atoms with Crippen LogP contribution in [0.25, 0.3) is 0 Å². The highest BCUT2D eigenvalue weighted by Crippen LogP contribution is 2.29. The monoisotopic (exact) mass is 341 g/mol. The molecule has 1 aromatic rings. The predicted molar refractivity (Wildman–Crippen MR) is 91.7 cm³/mol. The van der Waals surface area contributed by atoms with E-state index in [1.165, 1.54) is 0 Å². The van der Waals surface area contributed by atoms with Gasteiger partial charge < -0.3 is 24.6 Å². The summed E-state index contributed by atoms with van der Waals surface area (Å²) in [6.07, 6.45) is 0.826. The molecule has 1 aliphatic heterocycles. The van der Waals surface area contributed by atoms with Crippen molar-refractivity contribution in [2.45, 2.75) is 6.42 Å². The number of nitrogens with zero attached hydrogens (tertiary/aromatic N) is 2. The lowest BCUT2D eigenvalue weighted by Crippen LogP contribution is -2.52. The van der Waals surface area contributed by atoms with Crippen LogP contribution in [0.4, 0.5) is 10.5 Å². The van der Waals surface area contributed by atoms with E-state index < -0.39 is 0 Å². The van der Waals surface area contributed by atoms with Crippen molar-refractivity contribution in [2.75, 3.05) is 58.5 Å². The van der Waals surface area contributed by atoms with Gasteiger partial charge in [0.05, 0.1) is 12.1 Å². The summed E-state index contributed by atoms with van der Waals surface area (Å²) in [7, 11) is 3.26. The molecule has 1 N–H and O–H groups in total. The summed E-state index contributed by atoms with van der Waals surface area (Å²) in [5.41, 5.74) is 1.05. The van der Waals surface area contributed by atoms with E-state index in [1.54, 1.807) is 14.2 Å². The number of ether oxygens (including phenoxy) is 2. The molecule has 2 rings (SSSR count). The van der Waals surface area contributed by atoms with Gasteiger partial charge in [0, 0.05) is 52.1 Å². The van der Waals surface area contributed by atoms with Crippen LogP contribution in [0.3, 0.4) is 0 Å². The van der Waals surface area contributed by atoms with E-state index in [0.29, 0.717) is 37.0 Å². The van der Waals surface area contributed by atoms with Crippen LogP contribution in [0.2, 0.25) is 5.02 Å². The SMILES string of the molecule is COCCCNC(=O)N1CCN(c2ccc(OC)c(Cl)c2)CC1. The first-order valence-electron chi connectivity index (χ1n) is 7.76. The molecule has 0 spiro atoms. The van der Waals surface area contributed by atoms with Gasteiger partial charge in [0.25, 0.3) is 0 Å². The lowest BCUT2D eigenvalue weighted by Gasteiger charge is -2.36. The third-order valence-electron chi connectivity index (χ3n) is 3.87. The molecule has 1 heterocycles. The maximum absolute atomic E-state index is 12.1. The Kier molecular flexibility index (Phi) is 6.80. The highest BCUT2D eigenvalue weighted by Gasteiger charge is 2.21. The minimum absolute atomic E-state index is 0.00600. The van der Waals surface area contributed by atoms with Gasteiger partial charge in [0.15, 0.2) is 0 Å². The first-order valence-corrected chi connectivity index (χ1v) is 8.13. The van der Waals surface area contributed by atoms with Gasteiger partial charge in [0.1, 0.15) is 5.75 Å². The molecule has 7 heteroatoms. The van der Waals surface area contributed by atoms with Gasteiger partial charge in [-0.05, 0) is 24.6 Å². The first-order chi connectivity index (χ1) is 11.2. The molecular formula is C16H24ClN3O3. The molecule has 0 saturated carbocycles. The minimum Gasteiger partial charge on any atom is -0.495 e. The molecule has 128 valence electrons. The predicted octanol–water partition coefficient (Wildman–Crippen LogP) is 2.22. The highest BCUT2D eigenvalue weighted by molar-refractivity contribution is 6.32. The van der Waals surface area contributed by atoms with Crippen molar-refractivity contribution < 1.29 is 14.3 Å². The van der Waals surface area contributed by atoms with Gasteiger partial charge >= 0.3 is 6.03 Å². The number of carbonyl (C=O) groups is 1. The van der Waals surface area contributed by atoms with Gasteiger partial charge in [-0.1, -0.05) is 11.6 Å². The van der Waals surface area contributed by atoms with Gasteiger partial charge in [-0.2, -0.15) is 0 Å². The Morgan fingerprint density at radius 3 is 2.61 bits per heavy atom. The number of anilines is 1. The second-order valence-electron chi connectivity index (χ2n) is 5.37. The molecule has 0 aromatic heterocycles. The van der Waals surface area contributed by atoms with Crippen LogP contribution in [-0.4, -0.2) is 64.5 Å². The van der Waals surface area contributed by atoms with Crippen molar-refractivity contribution >= 4 is 23.3 Å². The molecule has 1 saturated heterocycles. The number of amides is 2. The fraction of sp³-hybridized carbons (Fsp3) is 0.562. The Hall–Kier alpha value is -1.66. The molecule has 0 radical (unpaired) electrons. The molecule has 0 unspecified atom stereocenters. The van der Waals surface area contributed by atoms with Crippen molar-refractivity contribution in [1.82, 2.24) is 10.2 Å². The Balaban J connectivity index is 1.81. The normalized spacial score (nSPS) is 14.7. The maximum Gasteiger partial charge on any atom is 0.317 e. The second-order valence-corrected chi connectivity index (χ2v) is 5.78. The Bertz CT molecular complexity index is 519. The molecule has 23 heavy (non-hydrogen) atoms. The van der Waals surface area contributed by atoms with Crippen molar-refractivity contribution in [3.8, 4) is 5.75 Å². The lowest BCUT2D eigenvalue weighted by molar-refractivity contribution is 0.183. The summed E-state index contributed by atoms with van der Waals surface area (Å²) in [4.78, 5) is 16.1. The quantitative estimate of drug-likeness (QED) is 0.806. The number of benzene rings is 1. The average molecular weight is 342 g/mol. The number of piperazine rings is 1. The van der Waals surface area contributed by atoms with Crippen molar-refractivity contribution in [3.05, 3.63) is 23.2 Å². The van der Waals surface area contributed by atoms with Crippen LogP contribution in [0.5, 0.6) is 5.75 Å². The molecule has 0 bridgehead atoms. The molecule has 1 aromatic carbocycles. The number of hydrogen-bond acceptors (Lipinski definition) is 4. The third kappa shape index (κ3) is 4.91.